The molecule has 0 fully saturated rings. The lowest BCUT2D eigenvalue weighted by Gasteiger charge is -2.20. The van der Waals surface area contributed by atoms with Gasteiger partial charge in [0.15, 0.2) is 5.82 Å². The smallest absolute Gasteiger partial charge is 0.263 e. The fourth-order valence-corrected chi connectivity index (χ4v) is 3.68. The van der Waals surface area contributed by atoms with E-state index >= 15 is 0 Å². The van der Waals surface area contributed by atoms with Crippen LogP contribution in [0.4, 0.5) is 22.0 Å². The van der Waals surface area contributed by atoms with Crippen LogP contribution in [0.15, 0.2) is 53.5 Å². The normalized spacial score (nSPS) is 11.8. The van der Waals surface area contributed by atoms with Gasteiger partial charge >= 0.3 is 0 Å². The van der Waals surface area contributed by atoms with Gasteiger partial charge in [-0.15, -0.1) is 0 Å². The second-order valence-electron chi connectivity index (χ2n) is 7.46. The molecule has 0 spiro atoms. The summed E-state index contributed by atoms with van der Waals surface area (Å²) in [5.41, 5.74) is 14.5. The minimum absolute atomic E-state index is 0.0392. The number of anilines is 3. The summed E-state index contributed by atoms with van der Waals surface area (Å²) < 4.78 is 15.2. The molecule has 1 aromatic carbocycles. The fourth-order valence-electron chi connectivity index (χ4n) is 3.68. The molecule has 0 radical (unpaired) electrons. The molecule has 1 atom stereocenters. The average Bonchev–Trinajstić information content (AvgIpc) is 2.73. The molecule has 8 nitrogen and oxygen atoms in total. The quantitative estimate of drug-likeness (QED) is 0.452. The van der Waals surface area contributed by atoms with Crippen molar-refractivity contribution in [3.8, 4) is 17.2 Å². The first-order chi connectivity index (χ1) is 15.3. The molecule has 0 saturated heterocycles. The van der Waals surface area contributed by atoms with E-state index in [0.717, 1.165) is 5.56 Å². The number of hydrogen-bond acceptors (Lipinski definition) is 7. The molecule has 0 aliphatic rings. The second-order valence-corrected chi connectivity index (χ2v) is 7.46. The second kappa shape index (κ2) is 8.00. The standard InChI is InChI=1S/C23H20FN7O/c1-12-4-3-5-14(8-12)19-17(9-16-7-6-15(24)11-31(16)22(19)32)13(2)28-21-18(10-25)20(26)29-23(27)30-21/h3-9,11,13H,1-2H3,(H5,26,27,28,29,30)/t13-/m0/s1. The summed E-state index contributed by atoms with van der Waals surface area (Å²) in [6.07, 6.45) is 1.17. The monoisotopic (exact) mass is 429 g/mol. The number of fused-ring (bicyclic) bond motifs is 1. The fraction of sp³-hybridized carbons (Fsp3) is 0.130. The number of nitrogens with two attached hydrogens (primary N) is 2. The van der Waals surface area contributed by atoms with Crippen molar-refractivity contribution in [2.75, 3.05) is 16.8 Å². The van der Waals surface area contributed by atoms with E-state index in [2.05, 4.69) is 15.3 Å². The predicted molar refractivity (Wildman–Crippen MR) is 121 cm³/mol. The van der Waals surface area contributed by atoms with Gasteiger partial charge in [0.25, 0.3) is 5.56 Å². The van der Waals surface area contributed by atoms with Crippen LogP contribution in [0.3, 0.4) is 0 Å². The summed E-state index contributed by atoms with van der Waals surface area (Å²) in [4.78, 5) is 21.4. The van der Waals surface area contributed by atoms with Gasteiger partial charge in [0, 0.05) is 11.7 Å². The van der Waals surface area contributed by atoms with Gasteiger partial charge in [0.1, 0.15) is 23.3 Å². The average molecular weight is 429 g/mol. The number of aromatic nitrogens is 3. The number of halogens is 1. The van der Waals surface area contributed by atoms with Crippen LogP contribution in [0, 0.1) is 24.1 Å². The maximum Gasteiger partial charge on any atom is 0.263 e. The molecule has 160 valence electrons. The van der Waals surface area contributed by atoms with Gasteiger partial charge in [-0.05, 0) is 43.2 Å². The summed E-state index contributed by atoms with van der Waals surface area (Å²) in [6.45, 7) is 3.75. The van der Waals surface area contributed by atoms with Gasteiger partial charge in [-0.2, -0.15) is 15.2 Å². The highest BCUT2D eigenvalue weighted by Gasteiger charge is 2.21. The Morgan fingerprint density at radius 1 is 1.19 bits per heavy atom. The highest BCUT2D eigenvalue weighted by Crippen LogP contribution is 2.30. The number of nitriles is 1. The van der Waals surface area contributed by atoms with E-state index < -0.39 is 11.9 Å². The largest absolute Gasteiger partial charge is 0.382 e. The molecule has 32 heavy (non-hydrogen) atoms. The lowest BCUT2D eigenvalue weighted by Crippen LogP contribution is -2.22. The number of benzene rings is 1. The molecule has 0 bridgehead atoms. The topological polar surface area (TPSA) is 135 Å². The van der Waals surface area contributed by atoms with Crippen LogP contribution >= 0.6 is 0 Å². The Labute approximate surface area is 183 Å². The lowest BCUT2D eigenvalue weighted by atomic mass is 9.95. The molecular formula is C23H20FN7O. The Balaban J connectivity index is 1.94. The number of nitrogen functional groups attached to an aromatic ring is 2. The van der Waals surface area contributed by atoms with Crippen molar-refractivity contribution in [1.29, 1.82) is 5.26 Å². The van der Waals surface area contributed by atoms with Gasteiger partial charge in [-0.1, -0.05) is 29.8 Å². The number of rotatable bonds is 4. The van der Waals surface area contributed by atoms with E-state index in [1.165, 1.54) is 22.7 Å². The molecule has 4 rings (SSSR count). The van der Waals surface area contributed by atoms with Crippen LogP contribution in [0.25, 0.3) is 16.6 Å². The van der Waals surface area contributed by atoms with E-state index in [0.29, 0.717) is 22.2 Å². The summed E-state index contributed by atoms with van der Waals surface area (Å²) >= 11 is 0. The minimum atomic E-state index is -0.515. The molecule has 3 aromatic heterocycles. The van der Waals surface area contributed by atoms with E-state index in [4.69, 9.17) is 11.5 Å². The Morgan fingerprint density at radius 2 is 1.97 bits per heavy atom. The van der Waals surface area contributed by atoms with Gasteiger partial charge in [-0.25, -0.2) is 4.39 Å². The van der Waals surface area contributed by atoms with E-state index in [-0.39, 0.29) is 28.7 Å². The Kier molecular flexibility index (Phi) is 5.20. The number of aryl methyl sites for hydroxylation is 1. The van der Waals surface area contributed by atoms with E-state index in [1.807, 2.05) is 44.2 Å². The third kappa shape index (κ3) is 3.70. The Morgan fingerprint density at radius 3 is 2.69 bits per heavy atom. The number of hydrogen-bond donors (Lipinski definition) is 3. The predicted octanol–water partition coefficient (Wildman–Crippen LogP) is 3.41. The van der Waals surface area contributed by atoms with Gasteiger partial charge in [-0.3, -0.25) is 9.20 Å². The van der Waals surface area contributed by atoms with Crippen molar-refractivity contribution >= 4 is 23.1 Å². The molecule has 0 aliphatic carbocycles. The van der Waals surface area contributed by atoms with Crippen molar-refractivity contribution in [2.24, 2.45) is 0 Å². The molecule has 0 aliphatic heterocycles. The summed E-state index contributed by atoms with van der Waals surface area (Å²) in [5, 5.41) is 12.6. The molecule has 5 N–H and O–H groups in total. The van der Waals surface area contributed by atoms with Crippen molar-refractivity contribution < 1.29 is 4.39 Å². The molecule has 4 aromatic rings. The molecular weight excluding hydrogens is 409 g/mol. The summed E-state index contributed by atoms with van der Waals surface area (Å²) in [5.74, 6) is -0.467. The lowest BCUT2D eigenvalue weighted by molar-refractivity contribution is 0.618. The summed E-state index contributed by atoms with van der Waals surface area (Å²) in [7, 11) is 0. The molecule has 0 saturated carbocycles. The maximum atomic E-state index is 13.9. The van der Waals surface area contributed by atoms with Crippen molar-refractivity contribution in [1.82, 2.24) is 14.4 Å². The Bertz CT molecular complexity index is 1460. The van der Waals surface area contributed by atoms with Crippen LogP contribution in [0.1, 0.15) is 29.7 Å². The minimum Gasteiger partial charge on any atom is -0.382 e. The highest BCUT2D eigenvalue weighted by molar-refractivity contribution is 5.72. The molecule has 3 heterocycles. The van der Waals surface area contributed by atoms with Crippen molar-refractivity contribution in [3.05, 3.63) is 81.5 Å². The Hall–Kier alpha value is -4.45. The van der Waals surface area contributed by atoms with Crippen LogP contribution in [-0.2, 0) is 0 Å². The van der Waals surface area contributed by atoms with E-state index in [1.54, 1.807) is 6.07 Å². The SMILES string of the molecule is Cc1cccc(-c2c([C@H](C)Nc3nc(N)nc(N)c3C#N)cc3ccc(F)cn3c2=O)c1. The van der Waals surface area contributed by atoms with Gasteiger partial charge in [0.2, 0.25) is 5.95 Å². The zero-order valence-electron chi connectivity index (χ0n) is 17.4. The highest BCUT2D eigenvalue weighted by atomic mass is 19.1. The van der Waals surface area contributed by atoms with Crippen LogP contribution in [0.2, 0.25) is 0 Å². The van der Waals surface area contributed by atoms with Gasteiger partial charge in [0.05, 0.1) is 11.6 Å². The first-order valence-electron chi connectivity index (χ1n) is 9.80. The van der Waals surface area contributed by atoms with Crippen molar-refractivity contribution in [2.45, 2.75) is 19.9 Å². The molecule has 0 amide bonds. The first kappa shape index (κ1) is 20.8. The van der Waals surface area contributed by atoms with Gasteiger partial charge < -0.3 is 16.8 Å². The summed E-state index contributed by atoms with van der Waals surface area (Å²) in [6, 6.07) is 13.6. The zero-order chi connectivity index (χ0) is 23.0. The van der Waals surface area contributed by atoms with Crippen LogP contribution in [0.5, 0.6) is 0 Å². The molecule has 0 unspecified atom stereocenters. The van der Waals surface area contributed by atoms with Crippen LogP contribution < -0.4 is 22.3 Å². The third-order valence-electron chi connectivity index (χ3n) is 5.16. The zero-order valence-corrected chi connectivity index (χ0v) is 17.4. The van der Waals surface area contributed by atoms with Crippen molar-refractivity contribution in [3.63, 3.8) is 0 Å². The maximum absolute atomic E-state index is 13.9. The first-order valence-corrected chi connectivity index (χ1v) is 9.80. The third-order valence-corrected chi connectivity index (χ3v) is 5.16. The number of nitrogens with zero attached hydrogens (tertiary/aromatic N) is 4. The van der Waals surface area contributed by atoms with E-state index in [9.17, 15) is 14.4 Å². The number of nitrogens with one attached hydrogen (secondary N) is 1. The number of pyridine rings is 2. The molecule has 9 heteroatoms. The van der Waals surface area contributed by atoms with Crippen LogP contribution in [-0.4, -0.2) is 14.4 Å².